The zero-order chi connectivity index (χ0) is 19.2. The number of benzene rings is 2. The van der Waals surface area contributed by atoms with E-state index in [4.69, 9.17) is 16.3 Å². The molecule has 0 saturated heterocycles. The summed E-state index contributed by atoms with van der Waals surface area (Å²) in [4.78, 5) is 37.1. The fraction of sp³-hybridized carbons (Fsp3) is 0.0500. The minimum absolute atomic E-state index is 0.256. The highest BCUT2D eigenvalue weighted by Gasteiger charge is 2.17. The van der Waals surface area contributed by atoms with E-state index in [1.54, 1.807) is 53.9 Å². The molecule has 3 rings (SSSR count). The molecule has 0 fully saturated rings. The number of rotatable bonds is 6. The Morgan fingerprint density at radius 1 is 1.00 bits per heavy atom. The maximum atomic E-state index is 12.7. The van der Waals surface area contributed by atoms with Gasteiger partial charge < -0.3 is 10.1 Å². The molecule has 0 atom stereocenters. The fourth-order valence-electron chi connectivity index (χ4n) is 2.34. The lowest BCUT2D eigenvalue weighted by atomic mass is 10.0. The number of halogens is 1. The van der Waals surface area contributed by atoms with Gasteiger partial charge in [0.15, 0.2) is 12.4 Å². The van der Waals surface area contributed by atoms with E-state index in [0.29, 0.717) is 21.2 Å². The van der Waals surface area contributed by atoms with Gasteiger partial charge in [0, 0.05) is 16.1 Å². The lowest BCUT2D eigenvalue weighted by molar-refractivity contribution is -0.119. The maximum absolute atomic E-state index is 12.7. The van der Waals surface area contributed by atoms with Gasteiger partial charge in [-0.2, -0.15) is 0 Å². The van der Waals surface area contributed by atoms with Gasteiger partial charge in [0.2, 0.25) is 0 Å². The van der Waals surface area contributed by atoms with Crippen molar-refractivity contribution in [2.24, 2.45) is 0 Å². The number of hydrogen-bond donors (Lipinski definition) is 1. The summed E-state index contributed by atoms with van der Waals surface area (Å²) in [5, 5.41) is 4.71. The number of carbonyl (C=O) groups excluding carboxylic acids is 3. The number of nitrogens with one attached hydrogen (secondary N) is 1. The SMILES string of the molecule is O=C(COC(=O)c1cccs1)Nc1ccc(Cl)cc1C(=O)c1ccccc1. The Morgan fingerprint density at radius 2 is 1.78 bits per heavy atom. The van der Waals surface area contributed by atoms with Gasteiger partial charge in [-0.05, 0) is 29.6 Å². The molecule has 136 valence electrons. The normalized spacial score (nSPS) is 10.3. The molecule has 0 spiro atoms. The number of ether oxygens (including phenoxy) is 1. The van der Waals surface area contributed by atoms with E-state index in [0.717, 1.165) is 0 Å². The molecule has 1 amide bonds. The average Bonchev–Trinajstić information content (AvgIpc) is 3.22. The quantitative estimate of drug-likeness (QED) is 0.491. The molecule has 7 heteroatoms. The third-order valence-electron chi connectivity index (χ3n) is 3.59. The molecule has 0 bridgehead atoms. The molecule has 0 unspecified atom stereocenters. The van der Waals surface area contributed by atoms with Gasteiger partial charge >= 0.3 is 5.97 Å². The topological polar surface area (TPSA) is 72.5 Å². The van der Waals surface area contributed by atoms with Crippen LogP contribution in [0, 0.1) is 0 Å². The van der Waals surface area contributed by atoms with Gasteiger partial charge in [0.05, 0.1) is 5.69 Å². The van der Waals surface area contributed by atoms with Crippen LogP contribution in [0.15, 0.2) is 66.0 Å². The number of ketones is 1. The smallest absolute Gasteiger partial charge is 0.348 e. The highest BCUT2D eigenvalue weighted by atomic mass is 35.5. The van der Waals surface area contributed by atoms with Crippen LogP contribution in [0.3, 0.4) is 0 Å². The average molecular weight is 400 g/mol. The molecule has 2 aromatic carbocycles. The van der Waals surface area contributed by atoms with Gasteiger partial charge in [0.1, 0.15) is 4.88 Å². The van der Waals surface area contributed by atoms with Crippen molar-refractivity contribution in [3.63, 3.8) is 0 Å². The lowest BCUT2D eigenvalue weighted by Gasteiger charge is -2.11. The Kier molecular flexibility index (Phi) is 6.01. The first-order chi connectivity index (χ1) is 13.0. The largest absolute Gasteiger partial charge is 0.451 e. The van der Waals surface area contributed by atoms with Gasteiger partial charge in [-0.25, -0.2) is 4.79 Å². The summed E-state index contributed by atoms with van der Waals surface area (Å²) in [6.07, 6.45) is 0. The second-order valence-electron chi connectivity index (χ2n) is 5.49. The number of carbonyl (C=O) groups is 3. The van der Waals surface area contributed by atoms with Crippen molar-refractivity contribution in [2.45, 2.75) is 0 Å². The summed E-state index contributed by atoms with van der Waals surface area (Å²) in [5.41, 5.74) is 1.02. The van der Waals surface area contributed by atoms with Crippen LogP contribution in [0.2, 0.25) is 5.02 Å². The minimum Gasteiger partial charge on any atom is -0.451 e. The summed E-state index contributed by atoms with van der Waals surface area (Å²) in [6, 6.07) is 16.6. The molecule has 0 aliphatic carbocycles. The molecule has 1 N–H and O–H groups in total. The Labute approximate surface area is 164 Å². The van der Waals surface area contributed by atoms with Gasteiger partial charge in [-0.1, -0.05) is 48.0 Å². The van der Waals surface area contributed by atoms with Crippen molar-refractivity contribution in [1.29, 1.82) is 0 Å². The number of anilines is 1. The van der Waals surface area contributed by atoms with Gasteiger partial charge in [-0.3, -0.25) is 9.59 Å². The lowest BCUT2D eigenvalue weighted by Crippen LogP contribution is -2.22. The van der Waals surface area contributed by atoms with E-state index in [1.807, 2.05) is 0 Å². The predicted molar refractivity (Wildman–Crippen MR) is 105 cm³/mol. The van der Waals surface area contributed by atoms with E-state index < -0.39 is 18.5 Å². The van der Waals surface area contributed by atoms with Gasteiger partial charge in [-0.15, -0.1) is 11.3 Å². The highest BCUT2D eigenvalue weighted by Crippen LogP contribution is 2.24. The highest BCUT2D eigenvalue weighted by molar-refractivity contribution is 7.11. The van der Waals surface area contributed by atoms with Crippen LogP contribution in [-0.4, -0.2) is 24.3 Å². The molecule has 0 saturated carbocycles. The van der Waals surface area contributed by atoms with Crippen molar-refractivity contribution in [3.05, 3.63) is 87.1 Å². The summed E-state index contributed by atoms with van der Waals surface area (Å²) in [6.45, 7) is -0.460. The van der Waals surface area contributed by atoms with Crippen LogP contribution in [-0.2, 0) is 9.53 Å². The number of hydrogen-bond acceptors (Lipinski definition) is 5. The number of amides is 1. The second kappa shape index (κ2) is 8.62. The molecule has 1 aromatic heterocycles. The Morgan fingerprint density at radius 3 is 2.48 bits per heavy atom. The molecule has 0 aliphatic heterocycles. The predicted octanol–water partition coefficient (Wildman–Crippen LogP) is 4.43. The molecule has 0 aliphatic rings. The van der Waals surface area contributed by atoms with Crippen molar-refractivity contribution >= 4 is 46.3 Å². The minimum atomic E-state index is -0.572. The monoisotopic (exact) mass is 399 g/mol. The van der Waals surface area contributed by atoms with E-state index in [1.165, 1.54) is 23.5 Å². The fourth-order valence-corrected chi connectivity index (χ4v) is 3.13. The first-order valence-electron chi connectivity index (χ1n) is 7.94. The Balaban J connectivity index is 1.72. The van der Waals surface area contributed by atoms with Crippen LogP contribution in [0.25, 0.3) is 0 Å². The summed E-state index contributed by atoms with van der Waals surface area (Å²) >= 11 is 7.24. The van der Waals surface area contributed by atoms with Crippen molar-refractivity contribution in [3.8, 4) is 0 Å². The summed E-state index contributed by atoms with van der Waals surface area (Å²) in [5.74, 6) is -1.40. The Bertz CT molecular complexity index is 971. The van der Waals surface area contributed by atoms with Crippen molar-refractivity contribution < 1.29 is 19.1 Å². The maximum Gasteiger partial charge on any atom is 0.348 e. The summed E-state index contributed by atoms with van der Waals surface area (Å²) in [7, 11) is 0. The molecular formula is C20H14ClNO4S. The molecule has 3 aromatic rings. The second-order valence-corrected chi connectivity index (χ2v) is 6.87. The zero-order valence-electron chi connectivity index (χ0n) is 14.0. The summed E-state index contributed by atoms with van der Waals surface area (Å²) < 4.78 is 4.98. The van der Waals surface area contributed by atoms with Crippen LogP contribution < -0.4 is 5.32 Å². The van der Waals surface area contributed by atoms with E-state index in [9.17, 15) is 14.4 Å². The van der Waals surface area contributed by atoms with E-state index in [-0.39, 0.29) is 11.3 Å². The third kappa shape index (κ3) is 4.81. The third-order valence-corrected chi connectivity index (χ3v) is 4.68. The van der Waals surface area contributed by atoms with Crippen LogP contribution >= 0.6 is 22.9 Å². The molecule has 27 heavy (non-hydrogen) atoms. The number of esters is 1. The van der Waals surface area contributed by atoms with E-state index >= 15 is 0 Å². The van der Waals surface area contributed by atoms with Crippen LogP contribution in [0.5, 0.6) is 0 Å². The van der Waals surface area contributed by atoms with Crippen molar-refractivity contribution in [2.75, 3.05) is 11.9 Å². The zero-order valence-corrected chi connectivity index (χ0v) is 15.5. The van der Waals surface area contributed by atoms with E-state index in [2.05, 4.69) is 5.32 Å². The standard InChI is InChI=1S/C20H14ClNO4S/c21-14-8-9-16(15(11-14)19(24)13-5-2-1-3-6-13)22-18(23)12-26-20(25)17-7-4-10-27-17/h1-11H,12H2,(H,22,23). The molecule has 1 heterocycles. The molecular weight excluding hydrogens is 386 g/mol. The Hall–Kier alpha value is -2.96. The molecule has 0 radical (unpaired) electrons. The van der Waals surface area contributed by atoms with Gasteiger partial charge in [0.25, 0.3) is 5.91 Å². The first-order valence-corrected chi connectivity index (χ1v) is 9.20. The van der Waals surface area contributed by atoms with Crippen LogP contribution in [0.4, 0.5) is 5.69 Å². The molecule has 5 nitrogen and oxygen atoms in total. The van der Waals surface area contributed by atoms with Crippen LogP contribution in [0.1, 0.15) is 25.6 Å². The number of thiophene rings is 1. The first kappa shape index (κ1) is 18.8. The van der Waals surface area contributed by atoms with Crippen molar-refractivity contribution in [1.82, 2.24) is 0 Å².